The molecule has 0 saturated heterocycles. The lowest BCUT2D eigenvalue weighted by atomic mass is 9.85. The molecule has 0 heterocycles. The predicted octanol–water partition coefficient (Wildman–Crippen LogP) is 4.95. The molecule has 0 aromatic heterocycles. The first-order valence-corrected chi connectivity index (χ1v) is 10.0. The summed E-state index contributed by atoms with van der Waals surface area (Å²) in [4.78, 5) is 25.2. The van der Waals surface area contributed by atoms with Crippen LogP contribution in [0.4, 0.5) is 0 Å². The smallest absolute Gasteiger partial charge is 0.320 e. The molecule has 0 aliphatic rings. The van der Waals surface area contributed by atoms with Gasteiger partial charge in [0.05, 0.1) is 13.2 Å². The second kappa shape index (κ2) is 13.4. The average molecular weight is 363 g/mol. The maximum absolute atomic E-state index is 12.6. The van der Waals surface area contributed by atoms with Crippen molar-refractivity contribution in [2.24, 2.45) is 11.8 Å². The van der Waals surface area contributed by atoms with Crippen molar-refractivity contribution in [3.63, 3.8) is 0 Å². The van der Waals surface area contributed by atoms with E-state index in [9.17, 15) is 9.59 Å². The number of unbranched alkanes of at least 4 members (excludes halogenated alkanes) is 2. The lowest BCUT2D eigenvalue weighted by molar-refractivity contribution is -0.165. The molecule has 1 rings (SSSR count). The van der Waals surface area contributed by atoms with Crippen molar-refractivity contribution in [3.05, 3.63) is 35.9 Å². The van der Waals surface area contributed by atoms with E-state index >= 15 is 0 Å². The Bertz CT molecular complexity index is 490. The summed E-state index contributed by atoms with van der Waals surface area (Å²) >= 11 is 0. The number of esters is 2. The molecule has 0 N–H and O–H groups in total. The Labute approximate surface area is 158 Å². The fraction of sp³-hybridized carbons (Fsp3) is 0.636. The number of carbonyl (C=O) groups excluding carboxylic acids is 2. The Morgan fingerprint density at radius 3 is 1.88 bits per heavy atom. The van der Waals surface area contributed by atoms with E-state index in [4.69, 9.17) is 9.47 Å². The van der Waals surface area contributed by atoms with Crippen molar-refractivity contribution in [1.29, 1.82) is 0 Å². The molecule has 0 aliphatic heterocycles. The van der Waals surface area contributed by atoms with Crippen LogP contribution in [0.15, 0.2) is 30.3 Å². The fourth-order valence-electron chi connectivity index (χ4n) is 2.90. The summed E-state index contributed by atoms with van der Waals surface area (Å²) in [7, 11) is 0. The van der Waals surface area contributed by atoms with Crippen LogP contribution in [0.25, 0.3) is 0 Å². The van der Waals surface area contributed by atoms with Gasteiger partial charge in [0.1, 0.15) is 0 Å². The summed E-state index contributed by atoms with van der Waals surface area (Å²) < 4.78 is 10.7. The van der Waals surface area contributed by atoms with Gasteiger partial charge < -0.3 is 9.47 Å². The van der Waals surface area contributed by atoms with Crippen molar-refractivity contribution in [3.8, 4) is 0 Å². The van der Waals surface area contributed by atoms with Crippen LogP contribution in [0.5, 0.6) is 0 Å². The van der Waals surface area contributed by atoms with Crippen LogP contribution in [0.2, 0.25) is 0 Å². The summed E-state index contributed by atoms with van der Waals surface area (Å²) in [5.74, 6) is -1.75. The highest BCUT2D eigenvalue weighted by Crippen LogP contribution is 2.25. The van der Waals surface area contributed by atoms with Gasteiger partial charge in [0.2, 0.25) is 0 Å². The Hall–Kier alpha value is -1.84. The van der Waals surface area contributed by atoms with Gasteiger partial charge in [-0.1, -0.05) is 70.4 Å². The van der Waals surface area contributed by atoms with Crippen LogP contribution in [-0.4, -0.2) is 25.2 Å². The molecule has 26 heavy (non-hydrogen) atoms. The summed E-state index contributed by atoms with van der Waals surface area (Å²) in [6.07, 6.45) is 5.85. The number of hydrogen-bond acceptors (Lipinski definition) is 4. The number of carbonyl (C=O) groups is 2. The highest BCUT2D eigenvalue weighted by atomic mass is 16.6. The van der Waals surface area contributed by atoms with Gasteiger partial charge in [-0.2, -0.15) is 0 Å². The molecule has 0 amide bonds. The maximum atomic E-state index is 12.6. The first-order chi connectivity index (χ1) is 12.6. The molecule has 1 atom stereocenters. The van der Waals surface area contributed by atoms with E-state index in [-0.39, 0.29) is 5.92 Å². The second-order valence-electron chi connectivity index (χ2n) is 6.71. The molecule has 0 radical (unpaired) electrons. The fourth-order valence-corrected chi connectivity index (χ4v) is 2.90. The third kappa shape index (κ3) is 8.03. The number of rotatable bonds is 13. The van der Waals surface area contributed by atoms with Crippen molar-refractivity contribution in [2.75, 3.05) is 13.2 Å². The minimum Gasteiger partial charge on any atom is -0.465 e. The highest BCUT2D eigenvalue weighted by Gasteiger charge is 2.36. The van der Waals surface area contributed by atoms with Crippen molar-refractivity contribution < 1.29 is 19.1 Å². The van der Waals surface area contributed by atoms with Gasteiger partial charge in [-0.3, -0.25) is 9.59 Å². The van der Waals surface area contributed by atoms with Crippen LogP contribution < -0.4 is 0 Å². The van der Waals surface area contributed by atoms with E-state index in [0.717, 1.165) is 44.9 Å². The Morgan fingerprint density at radius 1 is 0.885 bits per heavy atom. The number of hydrogen-bond donors (Lipinski definition) is 0. The highest BCUT2D eigenvalue weighted by molar-refractivity contribution is 5.95. The zero-order valence-electron chi connectivity index (χ0n) is 16.5. The van der Waals surface area contributed by atoms with Gasteiger partial charge in [-0.25, -0.2) is 0 Å². The molecule has 1 aromatic rings. The minimum absolute atomic E-state index is 0.0709. The van der Waals surface area contributed by atoms with Gasteiger partial charge in [0.15, 0.2) is 5.92 Å². The predicted molar refractivity (Wildman–Crippen MR) is 104 cm³/mol. The maximum Gasteiger partial charge on any atom is 0.320 e. The van der Waals surface area contributed by atoms with Crippen LogP contribution in [0, 0.1) is 11.8 Å². The first kappa shape index (κ1) is 22.2. The quantitative estimate of drug-likeness (QED) is 0.283. The molecule has 4 nitrogen and oxygen atoms in total. The van der Waals surface area contributed by atoms with Gasteiger partial charge in [-0.15, -0.1) is 0 Å². The molecular formula is C22H34O4. The third-order valence-corrected chi connectivity index (χ3v) is 4.63. The van der Waals surface area contributed by atoms with E-state index in [1.807, 2.05) is 39.0 Å². The molecular weight excluding hydrogens is 328 g/mol. The molecule has 4 heteroatoms. The molecule has 146 valence electrons. The van der Waals surface area contributed by atoms with Crippen LogP contribution >= 0.6 is 0 Å². The summed E-state index contributed by atoms with van der Waals surface area (Å²) in [5.41, 5.74) is 1.21. The van der Waals surface area contributed by atoms with Crippen molar-refractivity contribution in [2.45, 2.75) is 65.7 Å². The van der Waals surface area contributed by atoms with E-state index in [1.165, 1.54) is 5.56 Å². The second-order valence-corrected chi connectivity index (χ2v) is 6.71. The molecule has 1 unspecified atom stereocenters. The zero-order valence-corrected chi connectivity index (χ0v) is 16.5. The van der Waals surface area contributed by atoms with Crippen LogP contribution in [0.3, 0.4) is 0 Å². The summed E-state index contributed by atoms with van der Waals surface area (Å²) in [5, 5.41) is 0. The van der Waals surface area contributed by atoms with E-state index in [2.05, 4.69) is 12.1 Å². The third-order valence-electron chi connectivity index (χ3n) is 4.63. The molecule has 0 bridgehead atoms. The van der Waals surface area contributed by atoms with E-state index in [0.29, 0.717) is 13.2 Å². The molecule has 0 fully saturated rings. The van der Waals surface area contributed by atoms with Crippen molar-refractivity contribution >= 4 is 11.9 Å². The van der Waals surface area contributed by atoms with Crippen LogP contribution in [-0.2, 0) is 25.5 Å². The molecule has 1 aromatic carbocycles. The topological polar surface area (TPSA) is 52.6 Å². The summed E-state index contributed by atoms with van der Waals surface area (Å²) in [6, 6.07) is 10.1. The van der Waals surface area contributed by atoms with E-state index in [1.54, 1.807) is 0 Å². The number of benzene rings is 1. The number of aryl methyl sites for hydroxylation is 1. The Kier molecular flexibility index (Phi) is 11.4. The molecule has 0 saturated carbocycles. The van der Waals surface area contributed by atoms with Crippen LogP contribution in [0.1, 0.15) is 64.9 Å². The average Bonchev–Trinajstić information content (AvgIpc) is 2.66. The Morgan fingerprint density at radius 2 is 1.42 bits per heavy atom. The monoisotopic (exact) mass is 362 g/mol. The molecule has 0 aliphatic carbocycles. The van der Waals surface area contributed by atoms with E-state index < -0.39 is 17.9 Å². The normalized spacial score (nSPS) is 12.0. The van der Waals surface area contributed by atoms with Gasteiger partial charge in [0, 0.05) is 0 Å². The van der Waals surface area contributed by atoms with Gasteiger partial charge in [0.25, 0.3) is 0 Å². The molecule has 0 spiro atoms. The number of ether oxygens (including phenoxy) is 2. The summed E-state index contributed by atoms with van der Waals surface area (Å²) in [6.45, 7) is 6.83. The first-order valence-electron chi connectivity index (χ1n) is 10.0. The Balaban J connectivity index is 2.76. The van der Waals surface area contributed by atoms with Gasteiger partial charge in [-0.05, 0) is 37.2 Å². The van der Waals surface area contributed by atoms with Crippen molar-refractivity contribution in [1.82, 2.24) is 0 Å². The lowest BCUT2D eigenvalue weighted by Gasteiger charge is -2.23. The standard InChI is InChI=1S/C22H34O4/c1-4-7-16-25-21(23)20(22(24)26-17-8-5-2)19(6-3)15-14-18-12-10-9-11-13-18/h9-13,19-20H,4-8,14-17H2,1-3H3. The largest absolute Gasteiger partial charge is 0.465 e. The minimum atomic E-state index is -0.822. The van der Waals surface area contributed by atoms with Gasteiger partial charge >= 0.3 is 11.9 Å². The lowest BCUT2D eigenvalue weighted by Crippen LogP contribution is -2.35. The zero-order chi connectivity index (χ0) is 19.2. The SMILES string of the molecule is CCCCOC(=O)C(C(=O)OCCCC)C(CC)CCc1ccccc1.